The average molecular weight is 212 g/mol. The minimum absolute atomic E-state index is 0.174. The third-order valence-corrected chi connectivity index (χ3v) is 3.15. The van der Waals surface area contributed by atoms with Crippen LogP contribution in [0.5, 0.6) is 0 Å². The van der Waals surface area contributed by atoms with Gasteiger partial charge in [0.15, 0.2) is 0 Å². The summed E-state index contributed by atoms with van der Waals surface area (Å²) in [6, 6.07) is 0. The Hall–Kier alpha value is -1.72. The van der Waals surface area contributed by atoms with E-state index in [2.05, 4.69) is 0 Å². The first-order valence-electron chi connectivity index (χ1n) is 4.50. The normalized spacial score (nSPS) is 30.5. The van der Waals surface area contributed by atoms with Gasteiger partial charge in [-0.1, -0.05) is 13.0 Å². The SMILES string of the molecule is CC1=C([N+](=O)[O-])C=CC(C)C1(C)[N+](=O)[O-]. The quantitative estimate of drug-likeness (QED) is 0.515. The van der Waals surface area contributed by atoms with Gasteiger partial charge in [-0.05, 0) is 6.92 Å². The van der Waals surface area contributed by atoms with E-state index < -0.39 is 15.4 Å². The number of hydrogen-bond acceptors (Lipinski definition) is 4. The molecule has 6 heteroatoms. The summed E-state index contributed by atoms with van der Waals surface area (Å²) in [7, 11) is 0. The van der Waals surface area contributed by atoms with Crippen LogP contribution >= 0.6 is 0 Å². The first-order chi connectivity index (χ1) is 6.81. The molecular weight excluding hydrogens is 200 g/mol. The maximum atomic E-state index is 11.0. The van der Waals surface area contributed by atoms with Gasteiger partial charge in [0.2, 0.25) is 0 Å². The molecule has 0 aliphatic heterocycles. The molecule has 1 aliphatic carbocycles. The summed E-state index contributed by atoms with van der Waals surface area (Å²) >= 11 is 0. The van der Waals surface area contributed by atoms with Gasteiger partial charge in [-0.3, -0.25) is 20.2 Å². The third kappa shape index (κ3) is 1.51. The highest BCUT2D eigenvalue weighted by molar-refractivity contribution is 5.32. The van der Waals surface area contributed by atoms with Crippen molar-refractivity contribution in [2.24, 2.45) is 5.92 Å². The lowest BCUT2D eigenvalue weighted by Crippen LogP contribution is -2.44. The van der Waals surface area contributed by atoms with E-state index in [1.807, 2.05) is 0 Å². The van der Waals surface area contributed by atoms with Crippen molar-refractivity contribution < 1.29 is 9.85 Å². The molecule has 0 aromatic carbocycles. The van der Waals surface area contributed by atoms with Crippen molar-refractivity contribution in [1.82, 2.24) is 0 Å². The average Bonchev–Trinajstić information content (AvgIpc) is 2.13. The van der Waals surface area contributed by atoms with Crippen LogP contribution in [0.3, 0.4) is 0 Å². The van der Waals surface area contributed by atoms with Crippen LogP contribution < -0.4 is 0 Å². The molecule has 0 N–H and O–H groups in total. The molecule has 2 atom stereocenters. The Balaban J connectivity index is 3.35. The second kappa shape index (κ2) is 3.45. The maximum absolute atomic E-state index is 11.0. The van der Waals surface area contributed by atoms with Gasteiger partial charge in [0.25, 0.3) is 11.2 Å². The van der Waals surface area contributed by atoms with Crippen LogP contribution in [0.4, 0.5) is 0 Å². The molecule has 0 radical (unpaired) electrons. The van der Waals surface area contributed by atoms with Crippen LogP contribution in [0.1, 0.15) is 20.8 Å². The molecule has 0 heterocycles. The molecule has 0 saturated carbocycles. The summed E-state index contributed by atoms with van der Waals surface area (Å²) in [5.74, 6) is -0.351. The van der Waals surface area contributed by atoms with E-state index in [9.17, 15) is 20.2 Å². The van der Waals surface area contributed by atoms with Crippen molar-refractivity contribution in [2.45, 2.75) is 26.3 Å². The molecule has 0 aromatic rings. The molecule has 1 rings (SSSR count). The third-order valence-electron chi connectivity index (χ3n) is 3.15. The molecular formula is C9H12N2O4. The molecule has 0 fully saturated rings. The minimum Gasteiger partial charge on any atom is -0.264 e. The van der Waals surface area contributed by atoms with E-state index in [0.29, 0.717) is 0 Å². The first kappa shape index (κ1) is 11.4. The second-order valence-corrected chi connectivity index (χ2v) is 3.82. The Morgan fingerprint density at radius 2 is 1.93 bits per heavy atom. The Labute approximate surface area is 86.6 Å². The summed E-state index contributed by atoms with van der Waals surface area (Å²) < 4.78 is 0. The molecule has 0 bridgehead atoms. The summed E-state index contributed by atoms with van der Waals surface area (Å²) in [6.07, 6.45) is 2.85. The standard InChI is InChI=1S/C9H12N2O4/c1-6-4-5-8(10(12)13)7(2)9(6,3)11(14)15/h4-6H,1-3H3. The predicted octanol–water partition coefficient (Wildman–Crippen LogP) is 1.78. The summed E-state index contributed by atoms with van der Waals surface area (Å²) in [4.78, 5) is 20.6. The largest absolute Gasteiger partial charge is 0.275 e. The van der Waals surface area contributed by atoms with Gasteiger partial charge in [0.05, 0.1) is 10.5 Å². The topological polar surface area (TPSA) is 86.3 Å². The van der Waals surface area contributed by atoms with Gasteiger partial charge in [-0.2, -0.15) is 0 Å². The lowest BCUT2D eigenvalue weighted by molar-refractivity contribution is -0.563. The monoisotopic (exact) mass is 212 g/mol. The molecule has 82 valence electrons. The zero-order valence-corrected chi connectivity index (χ0v) is 8.76. The van der Waals surface area contributed by atoms with Crippen LogP contribution in [0.15, 0.2) is 23.4 Å². The molecule has 0 amide bonds. The highest BCUT2D eigenvalue weighted by Crippen LogP contribution is 2.36. The van der Waals surface area contributed by atoms with E-state index >= 15 is 0 Å². The number of rotatable bonds is 2. The van der Waals surface area contributed by atoms with Gasteiger partial charge in [-0.25, -0.2) is 0 Å². The van der Waals surface area contributed by atoms with Crippen molar-refractivity contribution >= 4 is 0 Å². The minimum atomic E-state index is -1.38. The van der Waals surface area contributed by atoms with E-state index in [4.69, 9.17) is 0 Å². The van der Waals surface area contributed by atoms with Crippen LogP contribution in [0.2, 0.25) is 0 Å². The number of nitrogens with zero attached hydrogens (tertiary/aromatic N) is 2. The van der Waals surface area contributed by atoms with Gasteiger partial charge in [-0.15, -0.1) is 0 Å². The smallest absolute Gasteiger partial charge is 0.264 e. The fourth-order valence-electron chi connectivity index (χ4n) is 1.65. The van der Waals surface area contributed by atoms with Gasteiger partial charge in [0, 0.05) is 23.8 Å². The molecule has 6 nitrogen and oxygen atoms in total. The predicted molar refractivity (Wildman–Crippen MR) is 53.4 cm³/mol. The van der Waals surface area contributed by atoms with Crippen LogP contribution in [-0.2, 0) is 0 Å². The molecule has 0 aromatic heterocycles. The second-order valence-electron chi connectivity index (χ2n) is 3.82. The highest BCUT2D eigenvalue weighted by Gasteiger charge is 2.49. The lowest BCUT2D eigenvalue weighted by Gasteiger charge is -2.28. The Kier molecular flexibility index (Phi) is 2.61. The molecule has 15 heavy (non-hydrogen) atoms. The van der Waals surface area contributed by atoms with Crippen LogP contribution in [-0.4, -0.2) is 15.4 Å². The molecule has 1 aliphatic rings. The molecule has 2 unspecified atom stereocenters. The van der Waals surface area contributed by atoms with E-state index in [1.54, 1.807) is 6.92 Å². The summed E-state index contributed by atoms with van der Waals surface area (Å²) in [5, 5.41) is 21.6. The number of hydrogen-bond donors (Lipinski definition) is 0. The van der Waals surface area contributed by atoms with Crippen LogP contribution in [0, 0.1) is 26.1 Å². The van der Waals surface area contributed by atoms with Crippen molar-refractivity contribution in [3.05, 3.63) is 43.7 Å². The van der Waals surface area contributed by atoms with E-state index in [1.165, 1.54) is 26.0 Å². The highest BCUT2D eigenvalue weighted by atomic mass is 16.6. The van der Waals surface area contributed by atoms with Crippen molar-refractivity contribution in [3.8, 4) is 0 Å². The summed E-state index contributed by atoms with van der Waals surface area (Å²) in [5.41, 5.74) is -1.35. The Morgan fingerprint density at radius 3 is 2.33 bits per heavy atom. The Morgan fingerprint density at radius 1 is 1.40 bits per heavy atom. The Bertz CT molecular complexity index is 386. The van der Waals surface area contributed by atoms with Gasteiger partial charge in [0.1, 0.15) is 0 Å². The zero-order valence-electron chi connectivity index (χ0n) is 8.76. The van der Waals surface area contributed by atoms with Crippen LogP contribution in [0.25, 0.3) is 0 Å². The fraction of sp³-hybridized carbons (Fsp3) is 0.556. The van der Waals surface area contributed by atoms with Crippen molar-refractivity contribution in [3.63, 3.8) is 0 Å². The fourth-order valence-corrected chi connectivity index (χ4v) is 1.65. The zero-order chi connectivity index (χ0) is 11.8. The van der Waals surface area contributed by atoms with E-state index in [0.717, 1.165) is 0 Å². The number of nitro groups is 2. The maximum Gasteiger partial charge on any atom is 0.275 e. The first-order valence-corrected chi connectivity index (χ1v) is 4.50. The van der Waals surface area contributed by atoms with E-state index in [-0.39, 0.29) is 17.2 Å². The molecule has 0 spiro atoms. The van der Waals surface area contributed by atoms with Crippen molar-refractivity contribution in [1.29, 1.82) is 0 Å². The molecule has 0 saturated heterocycles. The lowest BCUT2D eigenvalue weighted by atomic mass is 9.77. The number of allylic oxidation sites excluding steroid dienone is 1. The van der Waals surface area contributed by atoms with Gasteiger partial charge < -0.3 is 0 Å². The van der Waals surface area contributed by atoms with Gasteiger partial charge >= 0.3 is 0 Å². The summed E-state index contributed by atoms with van der Waals surface area (Å²) in [6.45, 7) is 4.54. The van der Waals surface area contributed by atoms with Crippen molar-refractivity contribution in [2.75, 3.05) is 0 Å².